The molecular weight excluding hydrogens is 226 g/mol. The van der Waals surface area contributed by atoms with Crippen LogP contribution in [0.4, 0.5) is 0 Å². The number of methoxy groups -OCH3 is 1. The first kappa shape index (κ1) is 11.8. The zero-order chi connectivity index (χ0) is 11.7. The summed E-state index contributed by atoms with van der Waals surface area (Å²) in [4.78, 5) is 0. The minimum absolute atomic E-state index is 0.0926. The lowest BCUT2D eigenvalue weighted by Crippen LogP contribution is -2.32. The topological polar surface area (TPSA) is 27.7 Å². The molecule has 5 heteroatoms. The van der Waals surface area contributed by atoms with Crippen LogP contribution in [0.3, 0.4) is 0 Å². The Bertz CT molecular complexity index is 375. The normalized spacial score (nSPS) is 24.9. The number of hydrogen-bond acceptors (Lipinski definition) is 3. The zero-order valence-electron chi connectivity index (χ0n) is 9.57. The molecule has 1 aliphatic rings. The molecule has 86 valence electrons. The second-order valence-electron chi connectivity index (χ2n) is 3.94. The third kappa shape index (κ3) is 2.34. The second-order valence-corrected chi connectivity index (χ2v) is 4.38. The van der Waals surface area contributed by atoms with E-state index < -0.39 is 0 Å². The van der Waals surface area contributed by atoms with Gasteiger partial charge in [-0.15, -0.1) is 0 Å². The Morgan fingerprint density at radius 3 is 2.38 bits per heavy atom. The molecular formula is C11H14BClO3. The van der Waals surface area contributed by atoms with Gasteiger partial charge in [-0.1, -0.05) is 11.6 Å². The van der Waals surface area contributed by atoms with E-state index in [2.05, 4.69) is 0 Å². The summed E-state index contributed by atoms with van der Waals surface area (Å²) in [5.41, 5.74) is 0.889. The fraction of sp³-hybridized carbons (Fsp3) is 0.455. The quantitative estimate of drug-likeness (QED) is 0.739. The molecule has 0 bridgehead atoms. The first-order chi connectivity index (χ1) is 7.60. The number of hydrogen-bond donors (Lipinski definition) is 0. The van der Waals surface area contributed by atoms with E-state index in [0.717, 1.165) is 5.46 Å². The van der Waals surface area contributed by atoms with Crippen molar-refractivity contribution in [2.45, 2.75) is 26.1 Å². The lowest BCUT2D eigenvalue weighted by Gasteiger charge is -2.08. The molecule has 2 rings (SSSR count). The van der Waals surface area contributed by atoms with Gasteiger partial charge in [0, 0.05) is 5.02 Å². The summed E-state index contributed by atoms with van der Waals surface area (Å²) in [5, 5.41) is 0.619. The molecule has 2 unspecified atom stereocenters. The van der Waals surface area contributed by atoms with Crippen LogP contribution in [0.1, 0.15) is 13.8 Å². The van der Waals surface area contributed by atoms with Crippen LogP contribution in [0.2, 0.25) is 5.02 Å². The monoisotopic (exact) mass is 240 g/mol. The average molecular weight is 240 g/mol. The van der Waals surface area contributed by atoms with Crippen LogP contribution >= 0.6 is 11.6 Å². The van der Waals surface area contributed by atoms with Crippen molar-refractivity contribution >= 4 is 24.2 Å². The van der Waals surface area contributed by atoms with Crippen molar-refractivity contribution in [3.63, 3.8) is 0 Å². The zero-order valence-corrected chi connectivity index (χ0v) is 10.3. The van der Waals surface area contributed by atoms with Crippen LogP contribution < -0.4 is 10.2 Å². The third-order valence-electron chi connectivity index (χ3n) is 2.74. The minimum Gasteiger partial charge on any atom is -0.497 e. The highest BCUT2D eigenvalue weighted by Gasteiger charge is 2.36. The Labute approximate surface area is 101 Å². The van der Waals surface area contributed by atoms with Crippen molar-refractivity contribution in [1.82, 2.24) is 0 Å². The molecule has 0 aliphatic carbocycles. The lowest BCUT2D eigenvalue weighted by atomic mass is 9.79. The maximum absolute atomic E-state index is 5.99. The Morgan fingerprint density at radius 1 is 1.19 bits per heavy atom. The Morgan fingerprint density at radius 2 is 1.81 bits per heavy atom. The van der Waals surface area contributed by atoms with Gasteiger partial charge in [0.15, 0.2) is 0 Å². The van der Waals surface area contributed by atoms with Crippen LogP contribution in [-0.4, -0.2) is 26.4 Å². The summed E-state index contributed by atoms with van der Waals surface area (Å²) < 4.78 is 16.5. The number of rotatable bonds is 2. The summed E-state index contributed by atoms with van der Waals surface area (Å²) in [6.07, 6.45) is 0.185. The van der Waals surface area contributed by atoms with Crippen molar-refractivity contribution in [3.8, 4) is 5.75 Å². The van der Waals surface area contributed by atoms with Gasteiger partial charge in [0.2, 0.25) is 0 Å². The predicted octanol–water partition coefficient (Wildman–Crippen LogP) is 1.87. The number of halogens is 1. The molecule has 1 saturated heterocycles. The maximum Gasteiger partial charge on any atom is 0.494 e. The van der Waals surface area contributed by atoms with Gasteiger partial charge in [-0.05, 0) is 37.5 Å². The van der Waals surface area contributed by atoms with E-state index in [1.165, 1.54) is 0 Å². The SMILES string of the molecule is COc1cc(Cl)cc(B2OC(C)C(C)O2)c1. The molecule has 1 heterocycles. The highest BCUT2D eigenvalue weighted by Crippen LogP contribution is 2.20. The molecule has 0 aromatic heterocycles. The Kier molecular flexibility index (Phi) is 3.43. The van der Waals surface area contributed by atoms with Crippen molar-refractivity contribution < 1.29 is 14.0 Å². The van der Waals surface area contributed by atoms with E-state index in [1.807, 2.05) is 26.0 Å². The summed E-state index contributed by atoms with van der Waals surface area (Å²) in [5.74, 6) is 0.710. The molecule has 1 aromatic carbocycles. The molecule has 0 spiro atoms. The maximum atomic E-state index is 5.99. The summed E-state index contributed by atoms with van der Waals surface area (Å²) >= 11 is 5.99. The van der Waals surface area contributed by atoms with Crippen LogP contribution in [-0.2, 0) is 9.31 Å². The fourth-order valence-corrected chi connectivity index (χ4v) is 1.87. The largest absolute Gasteiger partial charge is 0.497 e. The Hall–Kier alpha value is -0.705. The molecule has 3 nitrogen and oxygen atoms in total. The molecule has 0 N–H and O–H groups in total. The number of ether oxygens (including phenoxy) is 1. The van der Waals surface area contributed by atoms with Gasteiger partial charge < -0.3 is 14.0 Å². The van der Waals surface area contributed by atoms with Crippen molar-refractivity contribution in [3.05, 3.63) is 23.2 Å². The summed E-state index contributed by atoms with van der Waals surface area (Å²) in [7, 11) is 1.26. The fourth-order valence-electron chi connectivity index (χ4n) is 1.64. The summed E-state index contributed by atoms with van der Waals surface area (Å²) in [6, 6.07) is 5.47. The summed E-state index contributed by atoms with van der Waals surface area (Å²) in [6.45, 7) is 3.99. The molecule has 0 amide bonds. The Balaban J connectivity index is 2.24. The van der Waals surface area contributed by atoms with Gasteiger partial charge in [-0.3, -0.25) is 0 Å². The minimum atomic E-state index is -0.349. The lowest BCUT2D eigenvalue weighted by molar-refractivity contribution is 0.187. The standard InChI is InChI=1S/C11H14BClO3/c1-7-8(2)16-12(15-7)9-4-10(13)6-11(5-9)14-3/h4-8H,1-3H3. The predicted molar refractivity (Wildman–Crippen MR) is 64.5 cm³/mol. The third-order valence-corrected chi connectivity index (χ3v) is 2.96. The first-order valence-corrected chi connectivity index (χ1v) is 5.63. The number of benzene rings is 1. The van der Waals surface area contributed by atoms with Crippen LogP contribution in [0.25, 0.3) is 0 Å². The molecule has 0 saturated carbocycles. The van der Waals surface area contributed by atoms with Gasteiger partial charge in [0.25, 0.3) is 0 Å². The van der Waals surface area contributed by atoms with Gasteiger partial charge in [-0.25, -0.2) is 0 Å². The second kappa shape index (κ2) is 4.66. The van der Waals surface area contributed by atoms with E-state index in [1.54, 1.807) is 13.2 Å². The van der Waals surface area contributed by atoms with E-state index in [-0.39, 0.29) is 19.3 Å². The molecule has 1 fully saturated rings. The van der Waals surface area contributed by atoms with Gasteiger partial charge in [-0.2, -0.15) is 0 Å². The van der Waals surface area contributed by atoms with Crippen molar-refractivity contribution in [1.29, 1.82) is 0 Å². The molecule has 16 heavy (non-hydrogen) atoms. The van der Waals surface area contributed by atoms with Crippen molar-refractivity contribution in [2.75, 3.05) is 7.11 Å². The van der Waals surface area contributed by atoms with E-state index in [9.17, 15) is 0 Å². The van der Waals surface area contributed by atoms with Gasteiger partial charge >= 0.3 is 7.12 Å². The van der Waals surface area contributed by atoms with Gasteiger partial charge in [0.1, 0.15) is 5.75 Å². The van der Waals surface area contributed by atoms with E-state index >= 15 is 0 Å². The van der Waals surface area contributed by atoms with Crippen molar-refractivity contribution in [2.24, 2.45) is 0 Å². The van der Waals surface area contributed by atoms with Gasteiger partial charge in [0.05, 0.1) is 19.3 Å². The average Bonchev–Trinajstić information content (AvgIpc) is 2.58. The van der Waals surface area contributed by atoms with E-state index in [0.29, 0.717) is 10.8 Å². The molecule has 1 aliphatic heterocycles. The van der Waals surface area contributed by atoms with Crippen LogP contribution in [0, 0.1) is 0 Å². The highest BCUT2D eigenvalue weighted by molar-refractivity contribution is 6.62. The molecule has 2 atom stereocenters. The van der Waals surface area contributed by atoms with E-state index in [4.69, 9.17) is 25.6 Å². The highest BCUT2D eigenvalue weighted by atomic mass is 35.5. The molecule has 0 radical (unpaired) electrons. The van der Waals surface area contributed by atoms with Crippen LogP contribution in [0.5, 0.6) is 5.75 Å². The first-order valence-electron chi connectivity index (χ1n) is 5.25. The smallest absolute Gasteiger partial charge is 0.494 e. The van der Waals surface area contributed by atoms with Crippen LogP contribution in [0.15, 0.2) is 18.2 Å². The molecule has 1 aromatic rings.